The Kier molecular flexibility index (Phi) is 13.1. The molecule has 0 bridgehead atoms. The maximum atomic E-state index is 13.3. The minimum absolute atomic E-state index is 0.0437. The number of carbonyl (C=O) groups excluding carboxylic acids is 3. The molecule has 2 aliphatic carbocycles. The molecule has 1 saturated carbocycles. The number of benzene rings is 1. The van der Waals surface area contributed by atoms with Gasteiger partial charge in [-0.05, 0) is 80.4 Å². The molecule has 0 saturated heterocycles. The minimum Gasteiger partial charge on any atom is -0.300 e. The van der Waals surface area contributed by atoms with Gasteiger partial charge in [-0.2, -0.15) is 0 Å². The summed E-state index contributed by atoms with van der Waals surface area (Å²) in [7, 11) is 0. The van der Waals surface area contributed by atoms with Gasteiger partial charge in [0, 0.05) is 17.9 Å². The lowest BCUT2D eigenvalue weighted by Gasteiger charge is -2.32. The normalized spacial score (nSPS) is 19.3. The fourth-order valence-corrected chi connectivity index (χ4v) is 6.70. The highest BCUT2D eigenvalue weighted by Crippen LogP contribution is 2.38. The van der Waals surface area contributed by atoms with Gasteiger partial charge in [-0.3, -0.25) is 14.4 Å². The van der Waals surface area contributed by atoms with Crippen molar-refractivity contribution < 1.29 is 14.4 Å². The number of fused-ring (bicyclic) bond motifs is 1. The molecule has 0 aromatic heterocycles. The van der Waals surface area contributed by atoms with Crippen LogP contribution in [0.4, 0.5) is 0 Å². The van der Waals surface area contributed by atoms with Crippen molar-refractivity contribution >= 4 is 17.3 Å². The number of aryl methyl sites for hydroxylation is 2. The van der Waals surface area contributed by atoms with E-state index in [0.717, 1.165) is 55.6 Å². The molecule has 1 aromatic carbocycles. The van der Waals surface area contributed by atoms with Crippen LogP contribution in [0.25, 0.3) is 0 Å². The van der Waals surface area contributed by atoms with E-state index in [9.17, 15) is 14.4 Å². The first kappa shape index (κ1) is 30.5. The molecule has 36 heavy (non-hydrogen) atoms. The summed E-state index contributed by atoms with van der Waals surface area (Å²) in [5, 5.41) is 0. The van der Waals surface area contributed by atoms with Crippen LogP contribution in [0.2, 0.25) is 0 Å². The Balaban J connectivity index is 0.00000145. The highest BCUT2D eigenvalue weighted by atomic mass is 16.1. The average molecular weight is 497 g/mol. The smallest absolute Gasteiger partial charge is 0.163 e. The zero-order valence-electron chi connectivity index (χ0n) is 24.1. The van der Waals surface area contributed by atoms with Gasteiger partial charge in [0.2, 0.25) is 0 Å². The van der Waals surface area contributed by atoms with E-state index in [1.807, 2.05) is 0 Å². The van der Waals surface area contributed by atoms with Crippen LogP contribution in [0.5, 0.6) is 0 Å². The zero-order valence-corrected chi connectivity index (χ0v) is 24.1. The van der Waals surface area contributed by atoms with E-state index in [0.29, 0.717) is 18.1 Å². The van der Waals surface area contributed by atoms with E-state index in [-0.39, 0.29) is 29.8 Å². The van der Waals surface area contributed by atoms with Crippen LogP contribution in [0.3, 0.4) is 0 Å². The third kappa shape index (κ3) is 8.67. The van der Waals surface area contributed by atoms with E-state index >= 15 is 0 Å². The highest BCUT2D eigenvalue weighted by Gasteiger charge is 2.33. The number of Topliss-reactive ketones (excluding diaryl/α,β-unsaturated/α-hetero) is 3. The molecule has 3 heteroatoms. The molecule has 1 aromatic rings. The van der Waals surface area contributed by atoms with Crippen LogP contribution in [0.1, 0.15) is 139 Å². The highest BCUT2D eigenvalue weighted by molar-refractivity contribution is 6.00. The lowest BCUT2D eigenvalue weighted by molar-refractivity contribution is -0.129. The van der Waals surface area contributed by atoms with Crippen LogP contribution < -0.4 is 0 Å². The Morgan fingerprint density at radius 2 is 1.67 bits per heavy atom. The van der Waals surface area contributed by atoms with Crippen molar-refractivity contribution in [3.05, 3.63) is 34.4 Å². The van der Waals surface area contributed by atoms with Crippen molar-refractivity contribution in [2.45, 2.75) is 131 Å². The summed E-state index contributed by atoms with van der Waals surface area (Å²) in [6, 6.07) is 4.42. The third-order valence-electron chi connectivity index (χ3n) is 8.30. The molecule has 0 radical (unpaired) electrons. The molecule has 0 aliphatic heterocycles. The van der Waals surface area contributed by atoms with Gasteiger partial charge in [-0.15, -0.1) is 0 Å². The Labute approximate surface area is 221 Å². The summed E-state index contributed by atoms with van der Waals surface area (Å²) in [6.45, 7) is 12.1. The molecule has 3 atom stereocenters. The Morgan fingerprint density at radius 1 is 1.00 bits per heavy atom. The predicted octanol–water partition coefficient (Wildman–Crippen LogP) is 8.66. The largest absolute Gasteiger partial charge is 0.300 e. The van der Waals surface area contributed by atoms with Crippen molar-refractivity contribution in [2.75, 3.05) is 0 Å². The van der Waals surface area contributed by atoms with Gasteiger partial charge in [-0.1, -0.05) is 84.8 Å². The minimum atomic E-state index is -0.0651. The maximum absolute atomic E-state index is 13.3. The van der Waals surface area contributed by atoms with E-state index in [2.05, 4.69) is 46.8 Å². The quantitative estimate of drug-likeness (QED) is 0.272. The van der Waals surface area contributed by atoms with Gasteiger partial charge in [0.1, 0.15) is 11.6 Å². The molecule has 2 aliphatic rings. The van der Waals surface area contributed by atoms with Crippen LogP contribution in [-0.2, 0) is 22.4 Å². The van der Waals surface area contributed by atoms with Crippen LogP contribution in [0, 0.1) is 30.6 Å². The average Bonchev–Trinajstić information content (AvgIpc) is 3.33. The topological polar surface area (TPSA) is 51.2 Å². The Morgan fingerprint density at radius 3 is 2.25 bits per heavy atom. The molecule has 1 fully saturated rings. The van der Waals surface area contributed by atoms with E-state index in [4.69, 9.17) is 0 Å². The van der Waals surface area contributed by atoms with Gasteiger partial charge in [0.25, 0.3) is 0 Å². The zero-order chi connectivity index (χ0) is 26.7. The van der Waals surface area contributed by atoms with E-state index < -0.39 is 0 Å². The summed E-state index contributed by atoms with van der Waals surface area (Å²) in [4.78, 5) is 37.7. The fraction of sp³-hybridized carbons (Fsp3) is 0.727. The molecular formula is C33H52O3. The molecule has 202 valence electrons. The fourth-order valence-electron chi connectivity index (χ4n) is 6.70. The Bertz CT molecular complexity index is 862. The molecule has 0 N–H and O–H groups in total. The summed E-state index contributed by atoms with van der Waals surface area (Å²) < 4.78 is 0. The summed E-state index contributed by atoms with van der Waals surface area (Å²) >= 11 is 0. The van der Waals surface area contributed by atoms with Crippen molar-refractivity contribution in [3.63, 3.8) is 0 Å². The monoisotopic (exact) mass is 496 g/mol. The second-order valence-corrected chi connectivity index (χ2v) is 11.6. The first-order valence-corrected chi connectivity index (χ1v) is 14.9. The summed E-state index contributed by atoms with van der Waals surface area (Å²) in [5.41, 5.74) is 4.79. The number of rotatable bonds is 12. The standard InChI is InChI=1S/C30H44O3.C3H8/c1-5-9-25(26(6-2)28(32)16-21(4)31)17-23-18-27-24(15-13-22-10-7-8-11-22)14-12-20(3)30(27)29(33)19-23;1-3-2/h12,14,22-23,25-26H,5-11,13,15-19H2,1-4H3;3H2,1-2H3. The summed E-state index contributed by atoms with van der Waals surface area (Å²) in [6.07, 6.45) is 14.4. The maximum Gasteiger partial charge on any atom is 0.163 e. The number of ketones is 3. The molecule has 3 nitrogen and oxygen atoms in total. The second kappa shape index (κ2) is 15.5. The lowest BCUT2D eigenvalue weighted by Crippen LogP contribution is -2.30. The van der Waals surface area contributed by atoms with Gasteiger partial charge in [0.05, 0.1) is 6.42 Å². The molecule has 3 rings (SSSR count). The van der Waals surface area contributed by atoms with Crippen molar-refractivity contribution in [1.82, 2.24) is 0 Å². The van der Waals surface area contributed by atoms with E-state index in [1.54, 1.807) is 0 Å². The van der Waals surface area contributed by atoms with E-state index in [1.165, 1.54) is 56.6 Å². The number of hydrogen-bond donors (Lipinski definition) is 0. The molecule has 0 amide bonds. The van der Waals surface area contributed by atoms with Crippen LogP contribution in [-0.4, -0.2) is 17.3 Å². The molecule has 0 heterocycles. The first-order chi connectivity index (χ1) is 17.2. The molecule has 0 spiro atoms. The second-order valence-electron chi connectivity index (χ2n) is 11.6. The first-order valence-electron chi connectivity index (χ1n) is 14.9. The van der Waals surface area contributed by atoms with Gasteiger partial charge in [0.15, 0.2) is 5.78 Å². The van der Waals surface area contributed by atoms with Gasteiger partial charge >= 0.3 is 0 Å². The van der Waals surface area contributed by atoms with Gasteiger partial charge in [-0.25, -0.2) is 0 Å². The van der Waals surface area contributed by atoms with Crippen LogP contribution in [0.15, 0.2) is 12.1 Å². The Hall–Kier alpha value is -1.77. The molecular weight excluding hydrogens is 444 g/mol. The third-order valence-corrected chi connectivity index (χ3v) is 8.30. The number of carbonyl (C=O) groups is 3. The predicted molar refractivity (Wildman–Crippen MR) is 151 cm³/mol. The summed E-state index contributed by atoms with van der Waals surface area (Å²) in [5.74, 6) is 1.69. The number of hydrogen-bond acceptors (Lipinski definition) is 3. The van der Waals surface area contributed by atoms with Crippen LogP contribution >= 0.6 is 0 Å². The van der Waals surface area contributed by atoms with Crippen molar-refractivity contribution in [3.8, 4) is 0 Å². The van der Waals surface area contributed by atoms with Crippen molar-refractivity contribution in [1.29, 1.82) is 0 Å². The molecule has 3 unspecified atom stereocenters. The SMILES string of the molecule is CCC.CCCC(CC1CC(=O)c2c(C)ccc(CCC3CCCC3)c2C1)C(CC)C(=O)CC(C)=O. The van der Waals surface area contributed by atoms with Crippen molar-refractivity contribution in [2.24, 2.45) is 23.7 Å². The van der Waals surface area contributed by atoms with Gasteiger partial charge < -0.3 is 0 Å². The lowest BCUT2D eigenvalue weighted by atomic mass is 9.71.